The minimum atomic E-state index is -4.68. The Labute approximate surface area is 198 Å². The maximum absolute atomic E-state index is 14.7. The van der Waals surface area contributed by atoms with Crippen LogP contribution in [0, 0.1) is 5.82 Å². The molecule has 2 N–H and O–H groups in total. The van der Waals surface area contributed by atoms with Crippen LogP contribution in [0.3, 0.4) is 0 Å². The lowest BCUT2D eigenvalue weighted by Crippen LogP contribution is -2.21. The van der Waals surface area contributed by atoms with Gasteiger partial charge in [0.25, 0.3) is 0 Å². The summed E-state index contributed by atoms with van der Waals surface area (Å²) >= 11 is 1.23. The highest BCUT2D eigenvalue weighted by Gasteiger charge is 2.33. The number of amides is 1. The Bertz CT molecular complexity index is 1230. The highest BCUT2D eigenvalue weighted by atomic mass is 32.2. The van der Waals surface area contributed by atoms with Crippen LogP contribution in [0.5, 0.6) is 0 Å². The van der Waals surface area contributed by atoms with Crippen LogP contribution >= 0.6 is 11.3 Å². The summed E-state index contributed by atoms with van der Waals surface area (Å²) in [5, 5.41) is 4.77. The molecule has 1 fully saturated rings. The molecule has 2 atom stereocenters. The summed E-state index contributed by atoms with van der Waals surface area (Å²) in [7, 11) is -1.21. The fourth-order valence-electron chi connectivity index (χ4n) is 3.11. The zero-order valence-corrected chi connectivity index (χ0v) is 19.4. The third-order valence-corrected chi connectivity index (χ3v) is 7.44. The second-order valence-corrected chi connectivity index (χ2v) is 9.93. The van der Waals surface area contributed by atoms with Crippen LogP contribution < -0.4 is 10.0 Å². The standard InChI is InChI=1S/C21H19F4N5O2S2/c1-2-13(17-10-33-20(29-17)30-34(32)12-4-5-12)19(31)28-15-6-3-11(7-14(15)22)16-8-26-9-18(27-16)21(23,24)25/h3,6-10,12-13H,2,4-5H2,1H3,(H,28,31)(H,29,30). The third kappa shape index (κ3) is 5.58. The molecule has 7 nitrogen and oxygen atoms in total. The molecule has 0 aliphatic heterocycles. The van der Waals surface area contributed by atoms with E-state index >= 15 is 0 Å². The zero-order chi connectivity index (χ0) is 24.5. The summed E-state index contributed by atoms with van der Waals surface area (Å²) in [5.41, 5.74) is -0.914. The number of halogens is 4. The van der Waals surface area contributed by atoms with Crippen LogP contribution in [0.15, 0.2) is 36.0 Å². The lowest BCUT2D eigenvalue weighted by Gasteiger charge is -2.14. The number of thiazole rings is 1. The van der Waals surface area contributed by atoms with Gasteiger partial charge in [0.1, 0.15) is 16.8 Å². The van der Waals surface area contributed by atoms with Gasteiger partial charge in [0.2, 0.25) is 5.91 Å². The van der Waals surface area contributed by atoms with Crippen LogP contribution in [0.4, 0.5) is 28.4 Å². The summed E-state index contributed by atoms with van der Waals surface area (Å²) < 4.78 is 68.2. The number of benzene rings is 1. The average molecular weight is 514 g/mol. The molecule has 1 aliphatic carbocycles. The maximum atomic E-state index is 14.7. The van der Waals surface area contributed by atoms with Crippen molar-refractivity contribution in [3.05, 3.63) is 53.2 Å². The van der Waals surface area contributed by atoms with Crippen LogP contribution in [0.2, 0.25) is 0 Å². The predicted octanol–water partition coefficient (Wildman–Crippen LogP) is 5.13. The molecule has 4 rings (SSSR count). The summed E-state index contributed by atoms with van der Waals surface area (Å²) in [6, 6.07) is 3.59. The number of aromatic nitrogens is 3. The maximum Gasteiger partial charge on any atom is 0.434 e. The predicted molar refractivity (Wildman–Crippen MR) is 121 cm³/mol. The van der Waals surface area contributed by atoms with Gasteiger partial charge < -0.3 is 5.32 Å². The van der Waals surface area contributed by atoms with E-state index in [9.17, 15) is 26.6 Å². The normalized spacial score (nSPS) is 15.6. The number of rotatable bonds is 8. The van der Waals surface area contributed by atoms with Crippen molar-refractivity contribution in [3.63, 3.8) is 0 Å². The molecular formula is C21H19F4N5O2S2. The number of carbonyl (C=O) groups excluding carboxylic acids is 1. The van der Waals surface area contributed by atoms with Gasteiger partial charge >= 0.3 is 6.18 Å². The van der Waals surface area contributed by atoms with Crippen molar-refractivity contribution in [2.45, 2.75) is 43.5 Å². The van der Waals surface area contributed by atoms with Gasteiger partial charge in [-0.2, -0.15) is 13.2 Å². The number of carbonyl (C=O) groups is 1. The number of alkyl halides is 3. The van der Waals surface area contributed by atoms with E-state index in [1.807, 2.05) is 0 Å². The molecule has 2 aromatic heterocycles. The van der Waals surface area contributed by atoms with Gasteiger partial charge in [-0.15, -0.1) is 11.3 Å². The van der Waals surface area contributed by atoms with Gasteiger partial charge in [-0.1, -0.05) is 13.0 Å². The minimum absolute atomic E-state index is 0.0834. The molecule has 13 heteroatoms. The van der Waals surface area contributed by atoms with E-state index in [0.717, 1.165) is 25.1 Å². The van der Waals surface area contributed by atoms with E-state index in [-0.39, 0.29) is 22.2 Å². The first kappa shape index (κ1) is 24.2. The van der Waals surface area contributed by atoms with Gasteiger partial charge in [-0.25, -0.2) is 18.6 Å². The molecule has 0 radical (unpaired) electrons. The van der Waals surface area contributed by atoms with Gasteiger partial charge in [0, 0.05) is 10.9 Å². The van der Waals surface area contributed by atoms with Crippen molar-refractivity contribution in [1.82, 2.24) is 15.0 Å². The molecule has 180 valence electrons. The quantitative estimate of drug-likeness (QED) is 0.407. The topological polar surface area (TPSA) is 96.9 Å². The fourth-order valence-corrected chi connectivity index (χ4v) is 5.11. The largest absolute Gasteiger partial charge is 0.434 e. The second-order valence-electron chi connectivity index (χ2n) is 7.61. The van der Waals surface area contributed by atoms with E-state index in [4.69, 9.17) is 0 Å². The van der Waals surface area contributed by atoms with E-state index in [1.54, 1.807) is 12.3 Å². The Morgan fingerprint density at radius 2 is 2.03 bits per heavy atom. The lowest BCUT2D eigenvalue weighted by molar-refractivity contribution is -0.141. The number of hydrogen-bond acceptors (Lipinski definition) is 6. The second kappa shape index (κ2) is 9.74. The van der Waals surface area contributed by atoms with E-state index in [2.05, 4.69) is 25.0 Å². The van der Waals surface area contributed by atoms with Crippen molar-refractivity contribution < 1.29 is 26.6 Å². The molecule has 3 aromatic rings. The number of nitrogens with one attached hydrogen (secondary N) is 2. The number of nitrogens with zero attached hydrogens (tertiary/aromatic N) is 3. The molecule has 2 heterocycles. The Morgan fingerprint density at radius 1 is 1.26 bits per heavy atom. The Balaban J connectivity index is 1.47. The number of anilines is 2. The smallest absolute Gasteiger partial charge is 0.323 e. The van der Waals surface area contributed by atoms with Gasteiger partial charge in [-0.05, 0) is 31.4 Å². The third-order valence-electron chi connectivity index (χ3n) is 5.07. The summed E-state index contributed by atoms with van der Waals surface area (Å²) in [6.45, 7) is 1.78. The van der Waals surface area contributed by atoms with Gasteiger partial charge in [0.05, 0.1) is 40.6 Å². The van der Waals surface area contributed by atoms with E-state index in [1.165, 1.54) is 23.5 Å². The summed E-state index contributed by atoms with van der Waals surface area (Å²) in [4.78, 5) is 24.2. The molecule has 0 spiro atoms. The molecule has 1 aromatic carbocycles. The highest BCUT2D eigenvalue weighted by Crippen LogP contribution is 2.32. The Kier molecular flexibility index (Phi) is 6.94. The van der Waals surface area contributed by atoms with Gasteiger partial charge in [0.15, 0.2) is 10.8 Å². The highest BCUT2D eigenvalue weighted by molar-refractivity contribution is 7.87. The molecular weight excluding hydrogens is 494 g/mol. The molecule has 34 heavy (non-hydrogen) atoms. The molecule has 0 saturated heterocycles. The average Bonchev–Trinajstić information content (AvgIpc) is 3.56. The first-order chi connectivity index (χ1) is 16.2. The van der Waals surface area contributed by atoms with E-state index < -0.39 is 40.5 Å². The van der Waals surface area contributed by atoms with E-state index in [0.29, 0.717) is 23.4 Å². The molecule has 1 amide bonds. The number of hydrogen-bond donors (Lipinski definition) is 2. The Morgan fingerprint density at radius 3 is 2.68 bits per heavy atom. The Hall–Kier alpha value is -2.93. The zero-order valence-electron chi connectivity index (χ0n) is 17.7. The van der Waals surface area contributed by atoms with Crippen LogP contribution in [0.1, 0.15) is 43.5 Å². The van der Waals surface area contributed by atoms with Crippen LogP contribution in [0.25, 0.3) is 11.3 Å². The lowest BCUT2D eigenvalue weighted by atomic mass is 10.0. The van der Waals surface area contributed by atoms with Crippen molar-refractivity contribution in [2.75, 3.05) is 10.0 Å². The summed E-state index contributed by atoms with van der Waals surface area (Å²) in [5.74, 6) is -2.00. The molecule has 1 aliphatic rings. The summed E-state index contributed by atoms with van der Waals surface area (Å²) in [6.07, 6.45) is -0.796. The van der Waals surface area contributed by atoms with Crippen molar-refractivity contribution >= 4 is 39.0 Å². The monoisotopic (exact) mass is 513 g/mol. The molecule has 2 unspecified atom stereocenters. The molecule has 0 bridgehead atoms. The fraction of sp³-hybridized carbons (Fsp3) is 0.333. The minimum Gasteiger partial charge on any atom is -0.323 e. The van der Waals surface area contributed by atoms with Crippen LogP contribution in [-0.2, 0) is 22.0 Å². The van der Waals surface area contributed by atoms with Crippen LogP contribution in [-0.4, -0.2) is 30.3 Å². The van der Waals surface area contributed by atoms with Crippen molar-refractivity contribution in [3.8, 4) is 11.3 Å². The van der Waals surface area contributed by atoms with Crippen molar-refractivity contribution in [1.29, 1.82) is 0 Å². The van der Waals surface area contributed by atoms with Gasteiger partial charge in [-0.3, -0.25) is 14.5 Å². The first-order valence-corrected chi connectivity index (χ1v) is 12.4. The first-order valence-electron chi connectivity index (χ1n) is 10.3. The van der Waals surface area contributed by atoms with Crippen molar-refractivity contribution in [2.24, 2.45) is 0 Å². The SMILES string of the molecule is CCC(C(=O)Nc1ccc(-c2cncc(C(F)(F)F)n2)cc1F)c1csc(NS(=O)C2CC2)n1. The molecule has 1 saturated carbocycles.